The average Bonchev–Trinajstić information content (AvgIpc) is 2.59. The molecule has 2 aromatic rings. The number of nitrogens with one attached hydrogen (secondary N) is 2. The van der Waals surface area contributed by atoms with Crippen molar-refractivity contribution in [3.8, 4) is 6.07 Å². The fourth-order valence-corrected chi connectivity index (χ4v) is 2.10. The predicted octanol–water partition coefficient (Wildman–Crippen LogP) is 2.96. The van der Waals surface area contributed by atoms with Crippen LogP contribution in [-0.4, -0.2) is 23.9 Å². The first-order valence-electron chi connectivity index (χ1n) is 6.97. The summed E-state index contributed by atoms with van der Waals surface area (Å²) >= 11 is 5.76. The fourth-order valence-electron chi connectivity index (χ4n) is 1.98. The number of carbonyl (C=O) groups is 1. The highest BCUT2D eigenvalue weighted by Gasteiger charge is 2.14. The Labute approximate surface area is 143 Å². The summed E-state index contributed by atoms with van der Waals surface area (Å²) in [4.78, 5) is 22.4. The van der Waals surface area contributed by atoms with Crippen molar-refractivity contribution in [2.24, 2.45) is 0 Å². The van der Waals surface area contributed by atoms with Gasteiger partial charge in [-0.2, -0.15) is 5.26 Å². The molecule has 2 aromatic carbocycles. The maximum absolute atomic E-state index is 11.9. The van der Waals surface area contributed by atoms with E-state index in [1.807, 2.05) is 6.07 Å². The summed E-state index contributed by atoms with van der Waals surface area (Å²) < 4.78 is 0. The van der Waals surface area contributed by atoms with Crippen molar-refractivity contribution in [3.63, 3.8) is 0 Å². The van der Waals surface area contributed by atoms with Gasteiger partial charge in [0.15, 0.2) is 0 Å². The first-order valence-corrected chi connectivity index (χ1v) is 7.35. The summed E-state index contributed by atoms with van der Waals surface area (Å²) in [5.41, 5.74) is 0.796. The van der Waals surface area contributed by atoms with Crippen LogP contribution >= 0.6 is 11.6 Å². The largest absolute Gasteiger partial charge is 0.378 e. The number of nitro groups is 1. The van der Waals surface area contributed by atoms with E-state index in [4.69, 9.17) is 16.9 Å². The summed E-state index contributed by atoms with van der Waals surface area (Å²) in [5.74, 6) is -0.261. The third-order valence-corrected chi connectivity index (χ3v) is 3.41. The summed E-state index contributed by atoms with van der Waals surface area (Å²) in [7, 11) is 0. The van der Waals surface area contributed by atoms with Crippen molar-refractivity contribution in [3.05, 3.63) is 68.7 Å². The summed E-state index contributed by atoms with van der Waals surface area (Å²) in [6, 6.07) is 12.5. The molecule has 122 valence electrons. The number of carbonyl (C=O) groups excluding carboxylic acids is 1. The van der Waals surface area contributed by atoms with Crippen molar-refractivity contribution < 1.29 is 9.72 Å². The molecule has 0 aromatic heterocycles. The van der Waals surface area contributed by atoms with E-state index in [0.717, 1.165) is 0 Å². The van der Waals surface area contributed by atoms with E-state index in [1.54, 1.807) is 24.3 Å². The van der Waals surface area contributed by atoms with E-state index in [-0.39, 0.29) is 23.7 Å². The molecule has 0 radical (unpaired) electrons. The van der Waals surface area contributed by atoms with Gasteiger partial charge in [0.1, 0.15) is 5.69 Å². The SMILES string of the molecule is N#Cc1ccc(NCCNC(=O)c2ccc(Cl)cc2)c([N+](=O)[O-])c1. The number of amides is 1. The normalized spacial score (nSPS) is 9.83. The van der Waals surface area contributed by atoms with Crippen molar-refractivity contribution in [1.82, 2.24) is 5.32 Å². The predicted molar refractivity (Wildman–Crippen MR) is 90.1 cm³/mol. The van der Waals surface area contributed by atoms with Crippen LogP contribution < -0.4 is 10.6 Å². The number of rotatable bonds is 6. The molecule has 24 heavy (non-hydrogen) atoms. The van der Waals surface area contributed by atoms with Gasteiger partial charge in [0, 0.05) is 29.7 Å². The molecule has 0 aliphatic rings. The van der Waals surface area contributed by atoms with Gasteiger partial charge in [-0.3, -0.25) is 14.9 Å². The van der Waals surface area contributed by atoms with Gasteiger partial charge in [0.05, 0.1) is 16.6 Å². The summed E-state index contributed by atoms with van der Waals surface area (Å²) in [6.07, 6.45) is 0. The van der Waals surface area contributed by atoms with Crippen LogP contribution in [0.15, 0.2) is 42.5 Å². The second-order valence-corrected chi connectivity index (χ2v) is 5.23. The first kappa shape index (κ1) is 17.2. The van der Waals surface area contributed by atoms with Crippen LogP contribution in [-0.2, 0) is 0 Å². The number of hydrogen-bond acceptors (Lipinski definition) is 5. The lowest BCUT2D eigenvalue weighted by molar-refractivity contribution is -0.384. The number of halogens is 1. The molecule has 0 fully saturated rings. The van der Waals surface area contributed by atoms with Crippen LogP contribution in [0.4, 0.5) is 11.4 Å². The third kappa shape index (κ3) is 4.44. The number of nitrogens with zero attached hydrogens (tertiary/aromatic N) is 2. The molecule has 2 N–H and O–H groups in total. The van der Waals surface area contributed by atoms with E-state index >= 15 is 0 Å². The molecular formula is C16H13ClN4O3. The van der Waals surface area contributed by atoms with Gasteiger partial charge in [0.2, 0.25) is 0 Å². The minimum Gasteiger partial charge on any atom is -0.378 e. The van der Waals surface area contributed by atoms with E-state index < -0.39 is 4.92 Å². The Hall–Kier alpha value is -3.11. The highest BCUT2D eigenvalue weighted by molar-refractivity contribution is 6.30. The van der Waals surface area contributed by atoms with Crippen LogP contribution in [0.25, 0.3) is 0 Å². The quantitative estimate of drug-likeness (QED) is 0.476. The number of hydrogen-bond donors (Lipinski definition) is 2. The Bertz CT molecular complexity index is 800. The Morgan fingerprint density at radius 1 is 1.21 bits per heavy atom. The minimum atomic E-state index is -0.560. The topological polar surface area (TPSA) is 108 Å². The zero-order chi connectivity index (χ0) is 17.5. The Morgan fingerprint density at radius 3 is 2.54 bits per heavy atom. The van der Waals surface area contributed by atoms with Gasteiger partial charge >= 0.3 is 0 Å². The number of nitriles is 1. The Balaban J connectivity index is 1.90. The number of anilines is 1. The molecule has 0 spiro atoms. The van der Waals surface area contributed by atoms with Gasteiger partial charge in [-0.1, -0.05) is 11.6 Å². The van der Waals surface area contributed by atoms with Crippen LogP contribution in [0.5, 0.6) is 0 Å². The Kier molecular flexibility index (Phi) is 5.71. The molecule has 0 saturated heterocycles. The molecule has 0 bridgehead atoms. The van der Waals surface area contributed by atoms with Crippen LogP contribution in [0.2, 0.25) is 5.02 Å². The maximum atomic E-state index is 11.9. The average molecular weight is 345 g/mol. The van der Waals surface area contributed by atoms with Crippen molar-refractivity contribution in [1.29, 1.82) is 5.26 Å². The zero-order valence-corrected chi connectivity index (χ0v) is 13.2. The second-order valence-electron chi connectivity index (χ2n) is 4.79. The van der Waals surface area contributed by atoms with Crippen LogP contribution in [0, 0.1) is 21.4 Å². The van der Waals surface area contributed by atoms with Crippen LogP contribution in [0.1, 0.15) is 15.9 Å². The summed E-state index contributed by atoms with van der Waals surface area (Å²) in [6.45, 7) is 0.574. The molecular weight excluding hydrogens is 332 g/mol. The lowest BCUT2D eigenvalue weighted by Crippen LogP contribution is -2.28. The number of nitro benzene ring substituents is 1. The molecule has 0 aliphatic carbocycles. The molecule has 1 amide bonds. The van der Waals surface area contributed by atoms with E-state index in [1.165, 1.54) is 18.2 Å². The zero-order valence-electron chi connectivity index (χ0n) is 12.5. The van der Waals surface area contributed by atoms with Gasteiger partial charge in [-0.25, -0.2) is 0 Å². The molecule has 0 heterocycles. The molecule has 7 nitrogen and oxygen atoms in total. The summed E-state index contributed by atoms with van der Waals surface area (Å²) in [5, 5.41) is 25.9. The van der Waals surface area contributed by atoms with Crippen molar-refractivity contribution in [2.45, 2.75) is 0 Å². The van der Waals surface area contributed by atoms with Crippen molar-refractivity contribution in [2.75, 3.05) is 18.4 Å². The lowest BCUT2D eigenvalue weighted by atomic mass is 10.2. The van der Waals surface area contributed by atoms with Gasteiger partial charge in [0.25, 0.3) is 11.6 Å². The van der Waals surface area contributed by atoms with Gasteiger partial charge in [-0.15, -0.1) is 0 Å². The van der Waals surface area contributed by atoms with Gasteiger partial charge in [-0.05, 0) is 36.4 Å². The molecule has 0 unspecified atom stereocenters. The highest BCUT2D eigenvalue weighted by Crippen LogP contribution is 2.24. The lowest BCUT2D eigenvalue weighted by Gasteiger charge is -2.09. The monoisotopic (exact) mass is 344 g/mol. The van der Waals surface area contributed by atoms with Crippen molar-refractivity contribution >= 4 is 28.9 Å². The molecule has 0 atom stereocenters. The molecule has 2 rings (SSSR count). The number of benzene rings is 2. The standard InChI is InChI=1S/C16H13ClN4O3/c17-13-4-2-12(3-5-13)16(22)20-8-7-19-14-6-1-11(10-18)9-15(14)21(23)24/h1-6,9,19H,7-8H2,(H,20,22). The maximum Gasteiger partial charge on any atom is 0.293 e. The van der Waals surface area contributed by atoms with Gasteiger partial charge < -0.3 is 10.6 Å². The van der Waals surface area contributed by atoms with E-state index in [9.17, 15) is 14.9 Å². The smallest absolute Gasteiger partial charge is 0.293 e. The van der Waals surface area contributed by atoms with E-state index in [2.05, 4.69) is 10.6 Å². The highest BCUT2D eigenvalue weighted by atomic mass is 35.5. The van der Waals surface area contributed by atoms with Crippen LogP contribution in [0.3, 0.4) is 0 Å². The molecule has 8 heteroatoms. The minimum absolute atomic E-state index is 0.182. The third-order valence-electron chi connectivity index (χ3n) is 3.16. The molecule has 0 saturated carbocycles. The van der Waals surface area contributed by atoms with E-state index in [0.29, 0.717) is 22.8 Å². The first-order chi connectivity index (χ1) is 11.5. The molecule has 0 aliphatic heterocycles. The Morgan fingerprint density at radius 2 is 1.92 bits per heavy atom. The second kappa shape index (κ2) is 7.94. The fraction of sp³-hybridized carbons (Fsp3) is 0.125.